The van der Waals surface area contributed by atoms with E-state index in [2.05, 4.69) is 65.5 Å². The number of rotatable bonds is 39. The van der Waals surface area contributed by atoms with E-state index in [0.29, 0.717) is 20.0 Å². The van der Waals surface area contributed by atoms with Gasteiger partial charge in [-0.25, -0.2) is 0 Å². The lowest BCUT2D eigenvalue weighted by molar-refractivity contribution is -0.150. The fourth-order valence-corrected chi connectivity index (χ4v) is 12.1. The van der Waals surface area contributed by atoms with E-state index in [1.807, 2.05) is 0 Å². The molecule has 4 fully saturated rings. The topological polar surface area (TPSA) is 119 Å². The van der Waals surface area contributed by atoms with Crippen molar-refractivity contribution in [2.45, 2.75) is 319 Å². The van der Waals surface area contributed by atoms with E-state index >= 15 is 0 Å². The maximum Gasteiger partial charge on any atom is 0.192 e. The molecule has 0 radical (unpaired) electrons. The lowest BCUT2D eigenvalue weighted by atomic mass is 10.0. The molecule has 4 aliphatic rings. The molecule has 0 aromatic heterocycles. The van der Waals surface area contributed by atoms with E-state index in [-0.39, 0.29) is 85.1 Å². The van der Waals surface area contributed by atoms with E-state index in [4.69, 9.17) is 58.2 Å². The zero-order chi connectivity index (χ0) is 53.9. The Morgan fingerprint density at radius 3 is 1.42 bits per heavy atom. The summed E-state index contributed by atoms with van der Waals surface area (Å²) in [5.74, 6) is 9.54. The fraction of sp³-hybridized carbons (Fsp3) is 0.918. The SMILES string of the molecule is C#CCCC(CCC#CC(OCOC)[C@H]1CC[C@H]([C@H]2CC[C@H]([C@@H](CCCCCCCCCC)OCOC)O2)O1)O[Si](C)(C)C(C)(C)C.CCCCCCCCCC[C@@H](OCOC)[C@H]1CC[C@H]([C@H]2CC[C@H](C=O)O2)O1. The molecule has 12 nitrogen and oxygen atoms in total. The van der Waals surface area contributed by atoms with Gasteiger partial charge in [0.1, 0.15) is 38.9 Å². The summed E-state index contributed by atoms with van der Waals surface area (Å²) < 4.78 is 65.8. The molecule has 0 aromatic rings. The number of ether oxygens (including phenoxy) is 10. The first kappa shape index (κ1) is 66.8. The third kappa shape index (κ3) is 26.5. The number of methoxy groups -OCH3 is 3. The van der Waals surface area contributed by atoms with Crippen molar-refractivity contribution in [2.75, 3.05) is 41.7 Å². The summed E-state index contributed by atoms with van der Waals surface area (Å²) in [6.45, 7) is 16.7. The van der Waals surface area contributed by atoms with Gasteiger partial charge in [0.15, 0.2) is 8.32 Å². The Bertz CT molecular complexity index is 1510. The summed E-state index contributed by atoms with van der Waals surface area (Å²) in [7, 11) is 3.09. The van der Waals surface area contributed by atoms with Gasteiger partial charge in [-0.2, -0.15) is 0 Å². The highest BCUT2D eigenvalue weighted by atomic mass is 28.4. The number of unbranched alkanes of at least 4 members (excludes halogenated alkanes) is 14. The van der Waals surface area contributed by atoms with Crippen LogP contribution in [0.5, 0.6) is 0 Å². The molecule has 0 amide bonds. The fourth-order valence-electron chi connectivity index (χ4n) is 10.6. The Kier molecular flexibility index (Phi) is 36.0. The molecule has 12 atom stereocenters. The molecular weight excluding hydrogens is 953 g/mol. The second kappa shape index (κ2) is 39.9. The van der Waals surface area contributed by atoms with Crippen molar-refractivity contribution in [2.24, 2.45) is 0 Å². The number of aldehydes is 1. The quantitative estimate of drug-likeness (QED) is 0.0192. The number of hydrogen-bond acceptors (Lipinski definition) is 12. The van der Waals surface area contributed by atoms with Gasteiger partial charge >= 0.3 is 0 Å². The molecule has 0 aliphatic carbocycles. The monoisotopic (exact) mass is 1060 g/mol. The Morgan fingerprint density at radius 1 is 0.554 bits per heavy atom. The van der Waals surface area contributed by atoms with E-state index < -0.39 is 8.32 Å². The second-order valence-electron chi connectivity index (χ2n) is 23.1. The van der Waals surface area contributed by atoms with Crippen molar-refractivity contribution in [3.05, 3.63) is 0 Å². The summed E-state index contributed by atoms with van der Waals surface area (Å²) in [5, 5.41) is 0.149. The first-order valence-electron chi connectivity index (χ1n) is 29.8. The van der Waals surface area contributed by atoms with Crippen LogP contribution in [0.25, 0.3) is 0 Å². The number of hydrogen-bond donors (Lipinski definition) is 0. The molecule has 0 saturated carbocycles. The summed E-state index contributed by atoms with van der Waals surface area (Å²) >= 11 is 0. The molecule has 74 heavy (non-hydrogen) atoms. The van der Waals surface area contributed by atoms with E-state index in [1.54, 1.807) is 21.3 Å². The van der Waals surface area contributed by atoms with Crippen LogP contribution in [0, 0.1) is 24.2 Å². The van der Waals surface area contributed by atoms with Crippen LogP contribution >= 0.6 is 0 Å². The van der Waals surface area contributed by atoms with Gasteiger partial charge in [-0.05, 0) is 95.2 Å². The maximum atomic E-state index is 10.9. The van der Waals surface area contributed by atoms with Crippen LogP contribution in [0.3, 0.4) is 0 Å². The minimum atomic E-state index is -1.90. The average molecular weight is 1060 g/mol. The van der Waals surface area contributed by atoms with Crippen LogP contribution < -0.4 is 0 Å². The molecule has 0 aromatic carbocycles. The van der Waals surface area contributed by atoms with E-state index in [0.717, 1.165) is 89.8 Å². The van der Waals surface area contributed by atoms with Crippen molar-refractivity contribution in [3.63, 3.8) is 0 Å². The highest BCUT2D eigenvalue weighted by Gasteiger charge is 2.43. The third-order valence-electron chi connectivity index (χ3n) is 16.1. The molecule has 4 aliphatic heterocycles. The summed E-state index contributed by atoms with van der Waals surface area (Å²) in [6, 6.07) is 0. The van der Waals surface area contributed by atoms with Gasteiger partial charge in [-0.3, -0.25) is 0 Å². The normalized spacial score (nSPS) is 25.7. The first-order valence-corrected chi connectivity index (χ1v) is 32.7. The molecular formula is C61H110O12Si. The first-order chi connectivity index (χ1) is 35.8. The highest BCUT2D eigenvalue weighted by Crippen LogP contribution is 2.39. The molecule has 0 N–H and O–H groups in total. The van der Waals surface area contributed by atoms with Crippen LogP contribution in [-0.2, 0) is 56.6 Å². The van der Waals surface area contributed by atoms with Gasteiger partial charge in [0.2, 0.25) is 0 Å². The molecule has 4 rings (SSSR count). The van der Waals surface area contributed by atoms with Crippen LogP contribution in [0.2, 0.25) is 18.1 Å². The van der Waals surface area contributed by atoms with Crippen LogP contribution in [0.15, 0.2) is 0 Å². The van der Waals surface area contributed by atoms with E-state index in [9.17, 15) is 4.79 Å². The molecule has 0 spiro atoms. The minimum absolute atomic E-state index is 0.0396. The Morgan fingerprint density at radius 2 is 0.973 bits per heavy atom. The van der Waals surface area contributed by atoms with Gasteiger partial charge in [-0.15, -0.1) is 18.3 Å². The Labute approximate surface area is 454 Å². The molecule has 430 valence electrons. The molecule has 2 unspecified atom stereocenters. The van der Waals surface area contributed by atoms with Crippen molar-refractivity contribution in [3.8, 4) is 24.2 Å². The molecule has 4 heterocycles. The summed E-state index contributed by atoms with van der Waals surface area (Å²) in [6.07, 6.45) is 40.3. The smallest absolute Gasteiger partial charge is 0.192 e. The van der Waals surface area contributed by atoms with Crippen LogP contribution in [0.1, 0.15) is 227 Å². The Balaban J connectivity index is 0.000000451. The van der Waals surface area contributed by atoms with Crippen molar-refractivity contribution in [1.29, 1.82) is 0 Å². The van der Waals surface area contributed by atoms with Crippen LogP contribution in [0.4, 0.5) is 0 Å². The number of terminal acetylenes is 1. The van der Waals surface area contributed by atoms with E-state index in [1.165, 1.54) is 103 Å². The van der Waals surface area contributed by atoms with Gasteiger partial charge in [0, 0.05) is 40.3 Å². The predicted molar refractivity (Wildman–Crippen MR) is 299 cm³/mol. The Hall–Kier alpha value is -1.43. The summed E-state index contributed by atoms with van der Waals surface area (Å²) in [4.78, 5) is 10.9. The predicted octanol–water partition coefficient (Wildman–Crippen LogP) is 14.0. The zero-order valence-corrected chi connectivity index (χ0v) is 49.8. The van der Waals surface area contributed by atoms with Crippen molar-refractivity contribution < 1.29 is 56.6 Å². The van der Waals surface area contributed by atoms with Crippen molar-refractivity contribution in [1.82, 2.24) is 0 Å². The maximum absolute atomic E-state index is 10.9. The molecule has 0 bridgehead atoms. The molecule has 4 saturated heterocycles. The number of carbonyl (C=O) groups is 1. The van der Waals surface area contributed by atoms with Gasteiger partial charge in [0.25, 0.3) is 0 Å². The standard InChI is InChI=1S/C39H70O7Si.C22H40O5/c1-10-12-14-15-16-17-18-19-24-33(42-30-40-6)35-26-28-37(44-35)38-29-27-36(45-38)34(43-31-41-7)25-21-20-23-32(22-13-11-2)46-47(8,9)39(3,4)5;1-3-4-5-6-7-8-9-10-11-19(25-17-24-2)20-14-15-22(27-20)21-13-12-18(16-23)26-21/h2,32-38H,10,12-20,22-24,26-31H2,1,3-9H3;16,18-22H,3-15,17H2,1-2H3/t32?,33-,34?,35-,36-,37-,38-;18-,19-,20-,21-,22-/m11/s1. The average Bonchev–Trinajstić information content (AvgIpc) is 4.25. The second-order valence-corrected chi connectivity index (χ2v) is 27.9. The lowest BCUT2D eigenvalue weighted by Crippen LogP contribution is -2.43. The largest absolute Gasteiger partial charge is 0.414 e. The van der Waals surface area contributed by atoms with Crippen LogP contribution in [-0.4, -0.2) is 130 Å². The van der Waals surface area contributed by atoms with Gasteiger partial charge in [-0.1, -0.05) is 143 Å². The minimum Gasteiger partial charge on any atom is -0.414 e. The van der Waals surface area contributed by atoms with Gasteiger partial charge < -0.3 is 56.6 Å². The third-order valence-corrected chi connectivity index (χ3v) is 20.6. The lowest BCUT2D eigenvalue weighted by Gasteiger charge is -2.39. The highest BCUT2D eigenvalue weighted by molar-refractivity contribution is 6.74. The van der Waals surface area contributed by atoms with Gasteiger partial charge in [0.05, 0.1) is 54.9 Å². The molecule has 13 heteroatoms. The summed E-state index contributed by atoms with van der Waals surface area (Å²) in [5.41, 5.74) is 0. The zero-order valence-electron chi connectivity index (χ0n) is 48.8. The van der Waals surface area contributed by atoms with Crippen molar-refractivity contribution >= 4 is 14.6 Å². The number of carbonyl (C=O) groups excluding carboxylic acids is 1.